The Morgan fingerprint density at radius 2 is 1.89 bits per heavy atom. The molecule has 4 rings (SSSR count). The summed E-state index contributed by atoms with van der Waals surface area (Å²) in [6.07, 6.45) is 3.00. The Balaban J connectivity index is 1.44. The topological polar surface area (TPSA) is 74.2 Å². The molecule has 0 radical (unpaired) electrons. The van der Waals surface area contributed by atoms with Crippen molar-refractivity contribution in [1.82, 2.24) is 15.0 Å². The van der Waals surface area contributed by atoms with Crippen LogP contribution in [0.4, 0.5) is 0 Å². The standard InChI is InChI=1S/C20H14BrN3O3S/c21-13-4-3-5-14(12-13)26-10-11-27-20(25)18-17(22-8-9-23-18)19-24-15-6-1-2-7-16(15)28-19/h1-9,12H,10-11H2. The number of ether oxygens (including phenoxy) is 2. The Bertz CT molecular complexity index is 1100. The minimum Gasteiger partial charge on any atom is -0.490 e. The summed E-state index contributed by atoms with van der Waals surface area (Å²) in [5.41, 5.74) is 1.42. The van der Waals surface area contributed by atoms with E-state index in [0.717, 1.165) is 14.7 Å². The molecule has 0 spiro atoms. The molecular weight excluding hydrogens is 442 g/mol. The predicted molar refractivity (Wildman–Crippen MR) is 111 cm³/mol. The molecule has 0 unspecified atom stereocenters. The normalized spacial score (nSPS) is 10.8. The number of carbonyl (C=O) groups excluding carboxylic acids is 1. The van der Waals surface area contributed by atoms with E-state index >= 15 is 0 Å². The van der Waals surface area contributed by atoms with E-state index in [1.54, 1.807) is 0 Å². The molecule has 2 aromatic heterocycles. The van der Waals surface area contributed by atoms with Gasteiger partial charge in [-0.15, -0.1) is 11.3 Å². The molecule has 0 aliphatic carbocycles. The summed E-state index contributed by atoms with van der Waals surface area (Å²) in [6, 6.07) is 15.2. The van der Waals surface area contributed by atoms with Crippen molar-refractivity contribution < 1.29 is 14.3 Å². The molecule has 0 aliphatic heterocycles. The largest absolute Gasteiger partial charge is 0.490 e. The van der Waals surface area contributed by atoms with E-state index in [1.165, 1.54) is 23.7 Å². The first-order valence-corrected chi connectivity index (χ1v) is 10.0. The molecule has 0 fully saturated rings. The van der Waals surface area contributed by atoms with E-state index < -0.39 is 5.97 Å². The zero-order valence-electron chi connectivity index (χ0n) is 14.5. The number of aromatic nitrogens is 3. The van der Waals surface area contributed by atoms with Gasteiger partial charge in [0.25, 0.3) is 0 Å². The number of fused-ring (bicyclic) bond motifs is 1. The lowest BCUT2D eigenvalue weighted by molar-refractivity contribution is 0.0444. The number of nitrogens with zero attached hydrogens (tertiary/aromatic N) is 3. The van der Waals surface area contributed by atoms with E-state index in [9.17, 15) is 4.79 Å². The first-order valence-electron chi connectivity index (χ1n) is 8.43. The van der Waals surface area contributed by atoms with E-state index in [0.29, 0.717) is 16.5 Å². The third kappa shape index (κ3) is 4.18. The minimum absolute atomic E-state index is 0.0984. The summed E-state index contributed by atoms with van der Waals surface area (Å²) in [6.45, 7) is 0.333. The molecule has 2 heterocycles. The van der Waals surface area contributed by atoms with Crippen LogP contribution in [0.15, 0.2) is 65.4 Å². The van der Waals surface area contributed by atoms with Crippen LogP contribution in [-0.2, 0) is 4.74 Å². The number of rotatable bonds is 6. The van der Waals surface area contributed by atoms with E-state index in [2.05, 4.69) is 30.9 Å². The molecule has 8 heteroatoms. The van der Waals surface area contributed by atoms with Gasteiger partial charge in [0, 0.05) is 16.9 Å². The van der Waals surface area contributed by atoms with Gasteiger partial charge in [-0.25, -0.2) is 19.7 Å². The van der Waals surface area contributed by atoms with Gasteiger partial charge < -0.3 is 9.47 Å². The Kier molecular flexibility index (Phi) is 5.59. The van der Waals surface area contributed by atoms with Crippen LogP contribution in [0.5, 0.6) is 5.75 Å². The number of benzene rings is 2. The van der Waals surface area contributed by atoms with Gasteiger partial charge in [-0.1, -0.05) is 34.1 Å². The van der Waals surface area contributed by atoms with Crippen LogP contribution in [0, 0.1) is 0 Å². The van der Waals surface area contributed by atoms with Crippen LogP contribution in [0.1, 0.15) is 10.5 Å². The van der Waals surface area contributed by atoms with Gasteiger partial charge in [0.15, 0.2) is 5.69 Å². The molecule has 2 aromatic carbocycles. The van der Waals surface area contributed by atoms with Crippen LogP contribution in [0.2, 0.25) is 0 Å². The lowest BCUT2D eigenvalue weighted by Crippen LogP contribution is -2.15. The highest BCUT2D eigenvalue weighted by Gasteiger charge is 2.20. The van der Waals surface area contributed by atoms with E-state index in [4.69, 9.17) is 9.47 Å². The summed E-state index contributed by atoms with van der Waals surface area (Å²) in [5.74, 6) is 0.139. The number of carbonyl (C=O) groups is 1. The minimum atomic E-state index is -0.555. The molecule has 28 heavy (non-hydrogen) atoms. The first-order chi connectivity index (χ1) is 13.7. The smallest absolute Gasteiger partial charge is 0.359 e. The monoisotopic (exact) mass is 455 g/mol. The van der Waals surface area contributed by atoms with Crippen LogP contribution in [0.25, 0.3) is 20.9 Å². The third-order valence-corrected chi connectivity index (χ3v) is 5.31. The first kappa shape index (κ1) is 18.5. The maximum atomic E-state index is 12.5. The molecule has 0 N–H and O–H groups in total. The molecule has 6 nitrogen and oxygen atoms in total. The van der Waals surface area contributed by atoms with Gasteiger partial charge in [0.05, 0.1) is 10.2 Å². The molecule has 0 bridgehead atoms. The second kappa shape index (κ2) is 8.45. The Hall–Kier alpha value is -2.84. The molecule has 0 amide bonds. The fourth-order valence-electron chi connectivity index (χ4n) is 2.54. The number of esters is 1. The quantitative estimate of drug-likeness (QED) is 0.308. The van der Waals surface area contributed by atoms with Crippen LogP contribution in [0.3, 0.4) is 0 Å². The molecule has 4 aromatic rings. The number of halogens is 1. The van der Waals surface area contributed by atoms with Crippen molar-refractivity contribution in [3.63, 3.8) is 0 Å². The number of thiazole rings is 1. The predicted octanol–water partition coefficient (Wildman–Crippen LogP) is 4.75. The zero-order valence-corrected chi connectivity index (χ0v) is 16.9. The van der Waals surface area contributed by atoms with Gasteiger partial charge in [-0.3, -0.25) is 0 Å². The molecule has 0 saturated heterocycles. The lowest BCUT2D eigenvalue weighted by atomic mass is 10.3. The third-order valence-electron chi connectivity index (χ3n) is 3.77. The molecule has 0 aliphatic rings. The Labute approximate surface area is 173 Å². The fourth-order valence-corrected chi connectivity index (χ4v) is 3.88. The number of hydrogen-bond donors (Lipinski definition) is 0. The Morgan fingerprint density at radius 1 is 1.04 bits per heavy atom. The van der Waals surface area contributed by atoms with Crippen molar-refractivity contribution in [3.05, 3.63) is 71.1 Å². The van der Waals surface area contributed by atoms with E-state index in [-0.39, 0.29) is 18.9 Å². The average Bonchev–Trinajstić information content (AvgIpc) is 3.15. The highest BCUT2D eigenvalue weighted by molar-refractivity contribution is 9.10. The van der Waals surface area contributed by atoms with Gasteiger partial charge in [0.2, 0.25) is 0 Å². The van der Waals surface area contributed by atoms with Crippen LogP contribution >= 0.6 is 27.3 Å². The SMILES string of the molecule is O=C(OCCOc1cccc(Br)c1)c1nccnc1-c1nc2ccccc2s1. The summed E-state index contributed by atoms with van der Waals surface area (Å²) in [5, 5.41) is 0.631. The maximum absolute atomic E-state index is 12.5. The Morgan fingerprint density at radius 3 is 2.75 bits per heavy atom. The van der Waals surface area contributed by atoms with Gasteiger partial charge in [0.1, 0.15) is 29.7 Å². The van der Waals surface area contributed by atoms with Crippen molar-refractivity contribution >= 4 is 43.5 Å². The fraction of sp³-hybridized carbons (Fsp3) is 0.100. The van der Waals surface area contributed by atoms with Gasteiger partial charge in [-0.2, -0.15) is 0 Å². The lowest BCUT2D eigenvalue weighted by Gasteiger charge is -2.08. The number of para-hydroxylation sites is 1. The highest BCUT2D eigenvalue weighted by atomic mass is 79.9. The second-order valence-electron chi connectivity index (χ2n) is 5.68. The van der Waals surface area contributed by atoms with Gasteiger partial charge >= 0.3 is 5.97 Å². The molecule has 0 atom stereocenters. The zero-order chi connectivity index (χ0) is 19.3. The van der Waals surface area contributed by atoms with Crippen molar-refractivity contribution in [3.8, 4) is 16.5 Å². The molecular formula is C20H14BrN3O3S. The number of hydrogen-bond acceptors (Lipinski definition) is 7. The van der Waals surface area contributed by atoms with Gasteiger partial charge in [-0.05, 0) is 30.3 Å². The average molecular weight is 456 g/mol. The highest BCUT2D eigenvalue weighted by Crippen LogP contribution is 2.30. The second-order valence-corrected chi connectivity index (χ2v) is 7.63. The summed E-state index contributed by atoms with van der Waals surface area (Å²) in [7, 11) is 0. The summed E-state index contributed by atoms with van der Waals surface area (Å²) < 4.78 is 12.8. The summed E-state index contributed by atoms with van der Waals surface area (Å²) >= 11 is 4.84. The van der Waals surface area contributed by atoms with Crippen molar-refractivity contribution in [1.29, 1.82) is 0 Å². The van der Waals surface area contributed by atoms with Crippen LogP contribution in [-0.4, -0.2) is 34.1 Å². The van der Waals surface area contributed by atoms with Crippen LogP contribution < -0.4 is 4.74 Å². The van der Waals surface area contributed by atoms with E-state index in [1.807, 2.05) is 48.5 Å². The summed E-state index contributed by atoms with van der Waals surface area (Å²) in [4.78, 5) is 25.5. The maximum Gasteiger partial charge on any atom is 0.359 e. The van der Waals surface area contributed by atoms with Crippen molar-refractivity contribution in [2.45, 2.75) is 0 Å². The molecule has 0 saturated carbocycles. The van der Waals surface area contributed by atoms with Crippen molar-refractivity contribution in [2.75, 3.05) is 13.2 Å². The van der Waals surface area contributed by atoms with Crippen molar-refractivity contribution in [2.24, 2.45) is 0 Å². The molecule has 140 valence electrons.